The Morgan fingerprint density at radius 3 is 2.41 bits per heavy atom. The van der Waals surface area contributed by atoms with Gasteiger partial charge >= 0.3 is 6.61 Å². The van der Waals surface area contributed by atoms with Crippen LogP contribution in [-0.4, -0.2) is 27.4 Å². The molecule has 0 spiro atoms. The summed E-state index contributed by atoms with van der Waals surface area (Å²) >= 11 is 6.44. The molecule has 0 saturated heterocycles. The van der Waals surface area contributed by atoms with Crippen molar-refractivity contribution in [1.82, 2.24) is 9.78 Å². The predicted molar refractivity (Wildman–Crippen MR) is 102 cm³/mol. The molecule has 1 N–H and O–H groups in total. The van der Waals surface area contributed by atoms with Crippen LogP contribution in [-0.2, 0) is 18.6 Å². The minimum Gasteiger partial charge on any atom is -0.434 e. The van der Waals surface area contributed by atoms with Crippen LogP contribution in [0.2, 0.25) is 5.02 Å². The molecule has 1 saturated carbocycles. The van der Waals surface area contributed by atoms with E-state index in [9.17, 15) is 22.7 Å². The summed E-state index contributed by atoms with van der Waals surface area (Å²) in [6, 6.07) is 4.36. The van der Waals surface area contributed by atoms with E-state index in [1.165, 1.54) is 12.1 Å². The van der Waals surface area contributed by atoms with E-state index in [1.54, 1.807) is 10.7 Å². The summed E-state index contributed by atoms with van der Waals surface area (Å²) in [6.45, 7) is 1.09. The predicted octanol–water partition coefficient (Wildman–Crippen LogP) is 5.78. The molecule has 0 aliphatic heterocycles. The first kappa shape index (κ1) is 21.9. The summed E-state index contributed by atoms with van der Waals surface area (Å²) in [6.07, 6.45) is -0.701. The Morgan fingerprint density at radius 1 is 1.21 bits per heavy atom. The minimum absolute atomic E-state index is 0.166. The van der Waals surface area contributed by atoms with E-state index in [2.05, 4.69) is 5.10 Å². The average Bonchev–Trinajstić information content (AvgIpc) is 2.99. The van der Waals surface area contributed by atoms with Crippen molar-refractivity contribution in [2.75, 3.05) is 0 Å². The molecule has 1 heterocycles. The topological polar surface area (TPSA) is 47.3 Å². The van der Waals surface area contributed by atoms with Gasteiger partial charge in [0.25, 0.3) is 0 Å². The zero-order valence-corrected chi connectivity index (χ0v) is 16.9. The number of halogens is 5. The van der Waals surface area contributed by atoms with Crippen LogP contribution in [0.25, 0.3) is 11.3 Å². The van der Waals surface area contributed by atoms with E-state index >= 15 is 0 Å². The van der Waals surface area contributed by atoms with E-state index in [1.807, 2.05) is 13.8 Å². The van der Waals surface area contributed by atoms with Crippen LogP contribution in [0.4, 0.5) is 17.6 Å². The summed E-state index contributed by atoms with van der Waals surface area (Å²) in [5.41, 5.74) is 0.114. The minimum atomic E-state index is -3.10. The number of nitrogens with zero attached hydrogens (tertiary/aromatic N) is 2. The molecule has 0 amide bonds. The second kappa shape index (κ2) is 8.14. The monoisotopic (exact) mass is 434 g/mol. The Labute approximate surface area is 171 Å². The first-order chi connectivity index (χ1) is 13.6. The summed E-state index contributed by atoms with van der Waals surface area (Å²) in [5, 5.41) is 15.6. The average molecular weight is 435 g/mol. The van der Waals surface area contributed by atoms with Crippen LogP contribution in [0.1, 0.15) is 50.8 Å². The van der Waals surface area contributed by atoms with Crippen molar-refractivity contribution in [3.8, 4) is 17.0 Å². The SMILES string of the molecule is CCc1nn(CC)c(-c2ccc(C3(O)CCC(F)(F)CC3)cc2OC(F)F)c1Cl. The van der Waals surface area contributed by atoms with Crippen molar-refractivity contribution < 1.29 is 27.4 Å². The smallest absolute Gasteiger partial charge is 0.387 e. The lowest BCUT2D eigenvalue weighted by molar-refractivity contribution is -0.107. The molecule has 1 aromatic heterocycles. The highest BCUT2D eigenvalue weighted by molar-refractivity contribution is 6.33. The van der Waals surface area contributed by atoms with Gasteiger partial charge in [-0.2, -0.15) is 13.9 Å². The van der Waals surface area contributed by atoms with Crippen molar-refractivity contribution in [2.45, 2.75) is 70.6 Å². The van der Waals surface area contributed by atoms with Gasteiger partial charge in [-0.3, -0.25) is 4.68 Å². The van der Waals surface area contributed by atoms with Crippen LogP contribution in [0.5, 0.6) is 5.75 Å². The Kier molecular flexibility index (Phi) is 6.15. The summed E-state index contributed by atoms with van der Waals surface area (Å²) in [5.74, 6) is -3.01. The van der Waals surface area contributed by atoms with Crippen molar-refractivity contribution >= 4 is 11.6 Å². The number of benzene rings is 1. The third-order valence-electron chi connectivity index (χ3n) is 5.39. The lowest BCUT2D eigenvalue weighted by Gasteiger charge is -2.36. The van der Waals surface area contributed by atoms with Crippen LogP contribution in [0.15, 0.2) is 18.2 Å². The fraction of sp³-hybridized carbons (Fsp3) is 0.550. The van der Waals surface area contributed by atoms with Gasteiger partial charge in [-0.1, -0.05) is 24.6 Å². The van der Waals surface area contributed by atoms with E-state index in [0.29, 0.717) is 34.9 Å². The summed E-state index contributed by atoms with van der Waals surface area (Å²) in [4.78, 5) is 0. The zero-order valence-electron chi connectivity index (χ0n) is 16.2. The van der Waals surface area contributed by atoms with Crippen LogP contribution < -0.4 is 4.74 Å². The lowest BCUT2D eigenvalue weighted by atomic mass is 9.78. The fourth-order valence-electron chi connectivity index (χ4n) is 3.72. The maximum absolute atomic E-state index is 13.5. The van der Waals surface area contributed by atoms with E-state index in [4.69, 9.17) is 16.3 Å². The van der Waals surface area contributed by atoms with Crippen LogP contribution in [0.3, 0.4) is 0 Å². The number of rotatable bonds is 6. The second-order valence-electron chi connectivity index (χ2n) is 7.26. The molecule has 0 radical (unpaired) electrons. The Morgan fingerprint density at radius 2 is 1.86 bits per heavy atom. The molecule has 0 unspecified atom stereocenters. The van der Waals surface area contributed by atoms with Gasteiger partial charge in [0, 0.05) is 24.9 Å². The van der Waals surface area contributed by atoms with Gasteiger partial charge in [0.15, 0.2) is 0 Å². The number of alkyl halides is 4. The lowest BCUT2D eigenvalue weighted by Crippen LogP contribution is -2.36. The molecule has 9 heteroatoms. The van der Waals surface area contributed by atoms with Crippen LogP contribution >= 0.6 is 11.6 Å². The number of hydrogen-bond donors (Lipinski definition) is 1. The van der Waals surface area contributed by atoms with E-state index in [0.717, 1.165) is 0 Å². The quantitative estimate of drug-likeness (QED) is 0.586. The molecule has 4 nitrogen and oxygen atoms in total. The van der Waals surface area contributed by atoms with Crippen molar-refractivity contribution in [1.29, 1.82) is 0 Å². The third-order valence-corrected chi connectivity index (χ3v) is 5.79. The molecule has 160 valence electrons. The second-order valence-corrected chi connectivity index (χ2v) is 7.63. The number of aliphatic hydroxyl groups is 1. The van der Waals surface area contributed by atoms with Crippen LogP contribution in [0, 0.1) is 0 Å². The normalized spacial score (nSPS) is 18.2. The zero-order chi connectivity index (χ0) is 21.4. The Bertz CT molecular complexity index is 876. The van der Waals surface area contributed by atoms with Gasteiger partial charge in [0.2, 0.25) is 5.92 Å². The summed E-state index contributed by atoms with van der Waals surface area (Å²) < 4.78 is 59.5. The molecule has 1 fully saturated rings. The maximum atomic E-state index is 13.5. The number of aryl methyl sites for hydroxylation is 2. The first-order valence-electron chi connectivity index (χ1n) is 9.55. The van der Waals surface area contributed by atoms with Gasteiger partial charge in [0.1, 0.15) is 5.75 Å². The maximum Gasteiger partial charge on any atom is 0.387 e. The van der Waals surface area contributed by atoms with Crippen molar-refractivity contribution in [3.63, 3.8) is 0 Å². The highest BCUT2D eigenvalue weighted by Gasteiger charge is 2.43. The highest BCUT2D eigenvalue weighted by atomic mass is 35.5. The number of ether oxygens (including phenoxy) is 1. The third kappa shape index (κ3) is 4.38. The molecule has 2 aromatic rings. The number of hydrogen-bond acceptors (Lipinski definition) is 3. The highest BCUT2D eigenvalue weighted by Crippen LogP contribution is 2.46. The van der Waals surface area contributed by atoms with Gasteiger partial charge in [0.05, 0.1) is 22.0 Å². The van der Waals surface area contributed by atoms with Crippen molar-refractivity contribution in [3.05, 3.63) is 34.5 Å². The standard InChI is InChI=1S/C20H23ClF4N2O2/c1-3-14-16(21)17(27(4-2)26-14)13-6-5-12(11-15(13)29-18(22)23)19(28)7-9-20(24,25)10-8-19/h5-6,11,18,28H,3-4,7-10H2,1-2H3. The molecule has 1 aromatic carbocycles. The molecule has 1 aliphatic rings. The Hall–Kier alpha value is -1.80. The summed E-state index contributed by atoms with van der Waals surface area (Å²) in [7, 11) is 0. The van der Waals surface area contributed by atoms with Crippen molar-refractivity contribution in [2.24, 2.45) is 0 Å². The molecule has 0 atom stereocenters. The molecule has 29 heavy (non-hydrogen) atoms. The molecular formula is C20H23ClF4N2O2. The number of aromatic nitrogens is 2. The van der Waals surface area contributed by atoms with Gasteiger partial charge in [-0.05, 0) is 43.9 Å². The first-order valence-corrected chi connectivity index (χ1v) is 9.93. The van der Waals surface area contributed by atoms with Gasteiger partial charge < -0.3 is 9.84 Å². The molecule has 0 bridgehead atoms. The Balaban J connectivity index is 2.08. The molecule has 3 rings (SSSR count). The van der Waals surface area contributed by atoms with E-state index < -0.39 is 31.0 Å². The van der Waals surface area contributed by atoms with Gasteiger partial charge in [-0.15, -0.1) is 0 Å². The molecular weight excluding hydrogens is 412 g/mol. The van der Waals surface area contributed by atoms with Gasteiger partial charge in [-0.25, -0.2) is 8.78 Å². The fourth-order valence-corrected chi connectivity index (χ4v) is 4.09. The molecule has 1 aliphatic carbocycles. The largest absolute Gasteiger partial charge is 0.434 e. The van der Waals surface area contributed by atoms with E-state index in [-0.39, 0.29) is 24.2 Å².